The summed E-state index contributed by atoms with van der Waals surface area (Å²) in [6, 6.07) is 17.6. The molecule has 3 rings (SSSR count). The van der Waals surface area contributed by atoms with Gasteiger partial charge < -0.3 is 15.6 Å². The Labute approximate surface area is 159 Å². The number of hydrogen-bond donors (Lipinski definition) is 3. The van der Waals surface area contributed by atoms with Crippen molar-refractivity contribution in [2.24, 2.45) is 0 Å². The van der Waals surface area contributed by atoms with Crippen molar-refractivity contribution in [2.75, 3.05) is 6.54 Å². The maximum Gasteiger partial charge on any atom is 0.268 e. The van der Waals surface area contributed by atoms with Gasteiger partial charge >= 0.3 is 0 Å². The van der Waals surface area contributed by atoms with Crippen LogP contribution in [-0.2, 0) is 16.8 Å². The fourth-order valence-corrected chi connectivity index (χ4v) is 2.83. The van der Waals surface area contributed by atoms with Crippen LogP contribution in [0, 0.1) is 0 Å². The van der Waals surface area contributed by atoms with E-state index < -0.39 is 0 Å². The van der Waals surface area contributed by atoms with Crippen molar-refractivity contribution in [2.45, 2.75) is 32.7 Å². The molecule has 1 aromatic heterocycles. The Morgan fingerprint density at radius 3 is 2.41 bits per heavy atom. The van der Waals surface area contributed by atoms with Crippen LogP contribution in [0.1, 0.15) is 42.4 Å². The third-order valence-corrected chi connectivity index (χ3v) is 4.48. The second-order valence-electron chi connectivity index (χ2n) is 7.68. The largest absolute Gasteiger partial charge is 0.351 e. The van der Waals surface area contributed by atoms with Gasteiger partial charge in [0.25, 0.3) is 5.91 Å². The van der Waals surface area contributed by atoms with Gasteiger partial charge in [0.1, 0.15) is 5.69 Å². The van der Waals surface area contributed by atoms with E-state index in [4.69, 9.17) is 0 Å². The number of H-pyrrole nitrogens is 1. The van der Waals surface area contributed by atoms with Crippen molar-refractivity contribution >= 4 is 22.7 Å². The quantitative estimate of drug-likeness (QED) is 0.649. The van der Waals surface area contributed by atoms with Crippen molar-refractivity contribution < 1.29 is 9.59 Å². The molecule has 27 heavy (non-hydrogen) atoms. The fourth-order valence-electron chi connectivity index (χ4n) is 2.83. The van der Waals surface area contributed by atoms with Gasteiger partial charge in [-0.25, -0.2) is 0 Å². The number of aromatic nitrogens is 1. The minimum Gasteiger partial charge on any atom is -0.351 e. The van der Waals surface area contributed by atoms with Gasteiger partial charge in [0.15, 0.2) is 0 Å². The van der Waals surface area contributed by atoms with Crippen LogP contribution in [0.15, 0.2) is 54.6 Å². The number of hydrogen-bond acceptors (Lipinski definition) is 2. The van der Waals surface area contributed by atoms with Gasteiger partial charge in [-0.05, 0) is 28.7 Å². The van der Waals surface area contributed by atoms with E-state index in [0.29, 0.717) is 12.2 Å². The lowest BCUT2D eigenvalue weighted by molar-refractivity contribution is -0.120. The zero-order chi connectivity index (χ0) is 19.4. The zero-order valence-electron chi connectivity index (χ0n) is 15.9. The van der Waals surface area contributed by atoms with Crippen LogP contribution in [0.4, 0.5) is 0 Å². The maximum atomic E-state index is 12.4. The first-order valence-corrected chi connectivity index (χ1v) is 9.05. The summed E-state index contributed by atoms with van der Waals surface area (Å²) in [5, 5.41) is 6.42. The minimum absolute atomic E-state index is 0.0402. The molecule has 0 atom stereocenters. The van der Waals surface area contributed by atoms with E-state index in [9.17, 15) is 9.59 Å². The lowest BCUT2D eigenvalue weighted by atomic mass is 9.87. The van der Waals surface area contributed by atoms with Crippen molar-refractivity contribution in [3.8, 4) is 0 Å². The SMILES string of the molecule is CC(C)(C)c1ccc2cc(C(=O)NCC(=O)NCc3ccccc3)[nH]c2c1. The Bertz CT molecular complexity index is 953. The molecule has 3 aromatic rings. The monoisotopic (exact) mass is 363 g/mol. The highest BCUT2D eigenvalue weighted by molar-refractivity contribution is 5.99. The van der Waals surface area contributed by atoms with E-state index in [1.807, 2.05) is 36.4 Å². The molecule has 0 aliphatic carbocycles. The van der Waals surface area contributed by atoms with Crippen LogP contribution in [0.5, 0.6) is 0 Å². The average molecular weight is 363 g/mol. The molecular formula is C22H25N3O2. The van der Waals surface area contributed by atoms with Gasteiger partial charge in [0, 0.05) is 17.4 Å². The smallest absolute Gasteiger partial charge is 0.268 e. The number of benzene rings is 2. The highest BCUT2D eigenvalue weighted by Gasteiger charge is 2.16. The van der Waals surface area contributed by atoms with Crippen LogP contribution in [0.2, 0.25) is 0 Å². The molecule has 5 nitrogen and oxygen atoms in total. The molecule has 0 aliphatic heterocycles. The van der Waals surface area contributed by atoms with E-state index in [0.717, 1.165) is 16.5 Å². The van der Waals surface area contributed by atoms with Crippen LogP contribution in [-0.4, -0.2) is 23.3 Å². The third-order valence-electron chi connectivity index (χ3n) is 4.48. The van der Waals surface area contributed by atoms with Crippen molar-refractivity contribution in [3.63, 3.8) is 0 Å². The molecule has 3 N–H and O–H groups in total. The first-order chi connectivity index (χ1) is 12.8. The number of nitrogens with one attached hydrogen (secondary N) is 3. The molecule has 0 bridgehead atoms. The second kappa shape index (κ2) is 7.66. The fraction of sp³-hybridized carbons (Fsp3) is 0.273. The van der Waals surface area contributed by atoms with E-state index in [2.05, 4.69) is 48.5 Å². The number of carbonyl (C=O) groups excluding carboxylic acids is 2. The molecule has 0 radical (unpaired) electrons. The Morgan fingerprint density at radius 2 is 1.70 bits per heavy atom. The summed E-state index contributed by atoms with van der Waals surface area (Å²) >= 11 is 0. The molecule has 2 amide bonds. The van der Waals surface area contributed by atoms with Crippen molar-refractivity contribution in [3.05, 3.63) is 71.4 Å². The normalized spacial score (nSPS) is 11.4. The molecule has 2 aromatic carbocycles. The summed E-state index contributed by atoms with van der Waals surface area (Å²) in [7, 11) is 0. The minimum atomic E-state index is -0.293. The molecular weight excluding hydrogens is 338 g/mol. The van der Waals surface area contributed by atoms with Crippen molar-refractivity contribution in [1.29, 1.82) is 0 Å². The number of carbonyl (C=O) groups is 2. The van der Waals surface area contributed by atoms with Gasteiger partial charge in [0.2, 0.25) is 5.91 Å². The molecule has 0 spiro atoms. The summed E-state index contributed by atoms with van der Waals surface area (Å²) in [5.41, 5.74) is 3.62. The topological polar surface area (TPSA) is 74.0 Å². The lowest BCUT2D eigenvalue weighted by Gasteiger charge is -2.18. The Balaban J connectivity index is 1.58. The number of fused-ring (bicyclic) bond motifs is 1. The number of rotatable bonds is 5. The van der Waals surface area contributed by atoms with Gasteiger partial charge in [-0.1, -0.05) is 63.2 Å². The van der Waals surface area contributed by atoms with Crippen LogP contribution >= 0.6 is 0 Å². The van der Waals surface area contributed by atoms with Gasteiger partial charge in [0.05, 0.1) is 6.54 Å². The third kappa shape index (κ3) is 4.76. The number of aromatic amines is 1. The Morgan fingerprint density at radius 1 is 0.963 bits per heavy atom. The van der Waals surface area contributed by atoms with Gasteiger partial charge in [-0.3, -0.25) is 9.59 Å². The Kier molecular flexibility index (Phi) is 5.31. The molecule has 0 aliphatic rings. The summed E-state index contributed by atoms with van der Waals surface area (Å²) < 4.78 is 0. The standard InChI is InChI=1S/C22H25N3O2/c1-22(2,3)17-10-9-16-11-19(25-18(16)12-17)21(27)24-14-20(26)23-13-15-7-5-4-6-8-15/h4-12,25H,13-14H2,1-3H3,(H,23,26)(H,24,27). The molecule has 0 saturated carbocycles. The summed E-state index contributed by atoms with van der Waals surface area (Å²) in [6.45, 7) is 6.84. The maximum absolute atomic E-state index is 12.4. The molecule has 0 saturated heterocycles. The predicted molar refractivity (Wildman–Crippen MR) is 108 cm³/mol. The van der Waals surface area contributed by atoms with E-state index in [-0.39, 0.29) is 23.8 Å². The molecule has 0 fully saturated rings. The van der Waals surface area contributed by atoms with E-state index in [1.165, 1.54) is 5.56 Å². The molecule has 1 heterocycles. The molecule has 0 unspecified atom stereocenters. The van der Waals surface area contributed by atoms with Crippen LogP contribution in [0.3, 0.4) is 0 Å². The molecule has 5 heteroatoms. The van der Waals surface area contributed by atoms with Crippen molar-refractivity contribution in [1.82, 2.24) is 15.6 Å². The summed E-state index contributed by atoms with van der Waals surface area (Å²) in [5.74, 6) is -0.517. The highest BCUT2D eigenvalue weighted by Crippen LogP contribution is 2.26. The summed E-state index contributed by atoms with van der Waals surface area (Å²) in [4.78, 5) is 27.4. The van der Waals surface area contributed by atoms with Gasteiger partial charge in [-0.2, -0.15) is 0 Å². The summed E-state index contributed by atoms with van der Waals surface area (Å²) in [6.07, 6.45) is 0. The Hall–Kier alpha value is -3.08. The first kappa shape index (κ1) is 18.7. The first-order valence-electron chi connectivity index (χ1n) is 9.05. The second-order valence-corrected chi connectivity index (χ2v) is 7.68. The zero-order valence-corrected chi connectivity index (χ0v) is 15.9. The highest BCUT2D eigenvalue weighted by atomic mass is 16.2. The predicted octanol–water partition coefficient (Wildman–Crippen LogP) is 3.51. The van der Waals surface area contributed by atoms with Crippen LogP contribution < -0.4 is 10.6 Å². The van der Waals surface area contributed by atoms with Gasteiger partial charge in [-0.15, -0.1) is 0 Å². The number of amides is 2. The molecule has 140 valence electrons. The average Bonchev–Trinajstić information content (AvgIpc) is 3.08. The van der Waals surface area contributed by atoms with Crippen LogP contribution in [0.25, 0.3) is 10.9 Å². The van der Waals surface area contributed by atoms with E-state index >= 15 is 0 Å². The van der Waals surface area contributed by atoms with E-state index in [1.54, 1.807) is 6.07 Å². The lowest BCUT2D eigenvalue weighted by Crippen LogP contribution is -2.36.